The fourth-order valence-electron chi connectivity index (χ4n) is 2.58. The van der Waals surface area contributed by atoms with Crippen molar-refractivity contribution in [2.24, 2.45) is 0 Å². The summed E-state index contributed by atoms with van der Waals surface area (Å²) in [6, 6.07) is 21.5. The second-order valence-corrected chi connectivity index (χ2v) is 5.32. The van der Waals surface area contributed by atoms with Crippen molar-refractivity contribution in [3.8, 4) is 5.75 Å². The summed E-state index contributed by atoms with van der Waals surface area (Å²) in [5, 5.41) is 5.06. The summed E-state index contributed by atoms with van der Waals surface area (Å²) in [5.41, 5.74) is 1.69. The zero-order valence-electron chi connectivity index (χ0n) is 13.5. The Kier molecular flexibility index (Phi) is 4.92. The van der Waals surface area contributed by atoms with E-state index in [-0.39, 0.29) is 5.91 Å². The predicted molar refractivity (Wildman–Crippen MR) is 99.2 cm³/mol. The number of ether oxygens (including phenoxy) is 1. The molecule has 120 valence electrons. The van der Waals surface area contributed by atoms with Gasteiger partial charge in [-0.15, -0.1) is 0 Å². The summed E-state index contributed by atoms with van der Waals surface area (Å²) in [7, 11) is 0. The van der Waals surface area contributed by atoms with Crippen LogP contribution in [0, 0.1) is 0 Å². The topological polar surface area (TPSA) is 38.3 Å². The van der Waals surface area contributed by atoms with Crippen molar-refractivity contribution in [1.29, 1.82) is 0 Å². The molecule has 0 aromatic heterocycles. The molecule has 3 rings (SSSR count). The van der Waals surface area contributed by atoms with Gasteiger partial charge >= 0.3 is 0 Å². The van der Waals surface area contributed by atoms with E-state index < -0.39 is 0 Å². The van der Waals surface area contributed by atoms with Gasteiger partial charge in [-0.1, -0.05) is 54.6 Å². The quantitative estimate of drug-likeness (QED) is 0.680. The molecule has 1 amide bonds. The highest BCUT2D eigenvalue weighted by atomic mass is 16.5. The van der Waals surface area contributed by atoms with Gasteiger partial charge in [0.25, 0.3) is 0 Å². The first-order valence-electron chi connectivity index (χ1n) is 7.96. The predicted octanol–water partition coefficient (Wildman–Crippen LogP) is 4.89. The fraction of sp³-hybridized carbons (Fsp3) is 0.0952. The van der Waals surface area contributed by atoms with E-state index in [2.05, 4.69) is 5.32 Å². The van der Waals surface area contributed by atoms with Gasteiger partial charge in [-0.2, -0.15) is 0 Å². The summed E-state index contributed by atoms with van der Waals surface area (Å²) < 4.78 is 5.56. The van der Waals surface area contributed by atoms with Gasteiger partial charge in [-0.3, -0.25) is 4.79 Å². The van der Waals surface area contributed by atoms with E-state index in [0.717, 1.165) is 27.8 Å². The second kappa shape index (κ2) is 7.47. The molecular formula is C21H19NO2. The normalized spacial score (nSPS) is 10.9. The molecule has 3 aromatic carbocycles. The molecule has 0 atom stereocenters. The van der Waals surface area contributed by atoms with E-state index in [1.54, 1.807) is 6.08 Å². The molecule has 0 unspecified atom stereocenters. The molecule has 3 nitrogen and oxygen atoms in total. The van der Waals surface area contributed by atoms with Crippen molar-refractivity contribution in [2.75, 3.05) is 11.9 Å². The molecule has 0 bridgehead atoms. The van der Waals surface area contributed by atoms with E-state index >= 15 is 0 Å². The third-order valence-corrected chi connectivity index (χ3v) is 3.68. The Balaban J connectivity index is 1.78. The Labute approximate surface area is 141 Å². The van der Waals surface area contributed by atoms with Gasteiger partial charge in [0.2, 0.25) is 5.91 Å². The molecule has 0 spiro atoms. The number of para-hydroxylation sites is 1. The van der Waals surface area contributed by atoms with Gasteiger partial charge in [0, 0.05) is 22.7 Å². The van der Waals surface area contributed by atoms with Gasteiger partial charge in [-0.25, -0.2) is 0 Å². The minimum Gasteiger partial charge on any atom is -0.493 e. The molecule has 0 radical (unpaired) electrons. The number of benzene rings is 3. The second-order valence-electron chi connectivity index (χ2n) is 5.32. The molecule has 0 fully saturated rings. The summed E-state index contributed by atoms with van der Waals surface area (Å²) in [4.78, 5) is 12.3. The van der Waals surface area contributed by atoms with Crippen LogP contribution in [0.15, 0.2) is 72.8 Å². The Morgan fingerprint density at radius 2 is 1.75 bits per heavy atom. The van der Waals surface area contributed by atoms with E-state index in [1.807, 2.05) is 73.7 Å². The lowest BCUT2D eigenvalue weighted by atomic mass is 10.1. The summed E-state index contributed by atoms with van der Waals surface area (Å²) in [6.45, 7) is 2.53. The molecule has 0 saturated heterocycles. The minimum atomic E-state index is -0.169. The van der Waals surface area contributed by atoms with Gasteiger partial charge in [0.15, 0.2) is 0 Å². The van der Waals surface area contributed by atoms with Crippen molar-refractivity contribution >= 4 is 28.4 Å². The molecule has 1 N–H and O–H groups in total. The SMILES string of the molecule is CCOc1ccccc1/C=C/C(=O)Nc1cccc2ccccc12. The van der Waals surface area contributed by atoms with Crippen LogP contribution in [0.5, 0.6) is 5.75 Å². The van der Waals surface area contributed by atoms with E-state index in [4.69, 9.17) is 4.74 Å². The number of anilines is 1. The lowest BCUT2D eigenvalue weighted by molar-refractivity contribution is -0.111. The highest BCUT2D eigenvalue weighted by Crippen LogP contribution is 2.23. The van der Waals surface area contributed by atoms with Crippen LogP contribution >= 0.6 is 0 Å². The average molecular weight is 317 g/mol. The van der Waals surface area contributed by atoms with Gasteiger partial charge in [0.1, 0.15) is 5.75 Å². The Morgan fingerprint density at radius 3 is 2.62 bits per heavy atom. The maximum atomic E-state index is 12.3. The zero-order valence-corrected chi connectivity index (χ0v) is 13.5. The summed E-state index contributed by atoms with van der Waals surface area (Å²) >= 11 is 0. The van der Waals surface area contributed by atoms with Crippen LogP contribution in [0.1, 0.15) is 12.5 Å². The van der Waals surface area contributed by atoms with Crippen molar-refractivity contribution in [2.45, 2.75) is 6.92 Å². The smallest absolute Gasteiger partial charge is 0.248 e. The van der Waals surface area contributed by atoms with Crippen LogP contribution in [0.4, 0.5) is 5.69 Å². The number of fused-ring (bicyclic) bond motifs is 1. The zero-order chi connectivity index (χ0) is 16.8. The molecule has 24 heavy (non-hydrogen) atoms. The molecule has 0 aliphatic carbocycles. The lowest BCUT2D eigenvalue weighted by Gasteiger charge is -2.08. The highest BCUT2D eigenvalue weighted by Gasteiger charge is 2.04. The lowest BCUT2D eigenvalue weighted by Crippen LogP contribution is -2.08. The van der Waals surface area contributed by atoms with Crippen LogP contribution < -0.4 is 10.1 Å². The number of hydrogen-bond donors (Lipinski definition) is 1. The number of amides is 1. The van der Waals surface area contributed by atoms with Gasteiger partial charge < -0.3 is 10.1 Å². The summed E-state index contributed by atoms with van der Waals surface area (Å²) in [5.74, 6) is 0.604. The largest absolute Gasteiger partial charge is 0.493 e. The fourth-order valence-corrected chi connectivity index (χ4v) is 2.58. The van der Waals surface area contributed by atoms with Crippen LogP contribution in [0.3, 0.4) is 0 Å². The van der Waals surface area contributed by atoms with Gasteiger partial charge in [-0.05, 0) is 30.5 Å². The average Bonchev–Trinajstić information content (AvgIpc) is 2.62. The Morgan fingerprint density at radius 1 is 1.00 bits per heavy atom. The number of nitrogens with one attached hydrogen (secondary N) is 1. The van der Waals surface area contributed by atoms with Gasteiger partial charge in [0.05, 0.1) is 6.61 Å². The molecular weight excluding hydrogens is 298 g/mol. The van der Waals surface area contributed by atoms with Crippen molar-refractivity contribution in [1.82, 2.24) is 0 Å². The number of hydrogen-bond acceptors (Lipinski definition) is 2. The number of carbonyl (C=O) groups excluding carboxylic acids is 1. The molecule has 3 aromatic rings. The van der Waals surface area contributed by atoms with Crippen LogP contribution in [0.2, 0.25) is 0 Å². The molecule has 0 saturated carbocycles. The van der Waals surface area contributed by atoms with Crippen molar-refractivity contribution in [3.05, 3.63) is 78.4 Å². The maximum absolute atomic E-state index is 12.3. The molecule has 0 aliphatic heterocycles. The van der Waals surface area contributed by atoms with E-state index in [1.165, 1.54) is 6.08 Å². The third kappa shape index (κ3) is 3.63. The highest BCUT2D eigenvalue weighted by molar-refractivity contribution is 6.07. The van der Waals surface area contributed by atoms with Crippen LogP contribution in [0.25, 0.3) is 16.8 Å². The molecule has 0 aliphatic rings. The first kappa shape index (κ1) is 15.8. The first-order valence-corrected chi connectivity index (χ1v) is 7.96. The number of rotatable bonds is 5. The molecule has 3 heteroatoms. The maximum Gasteiger partial charge on any atom is 0.248 e. The molecule has 0 heterocycles. The van der Waals surface area contributed by atoms with Crippen LogP contribution in [-0.2, 0) is 4.79 Å². The van der Waals surface area contributed by atoms with Crippen molar-refractivity contribution < 1.29 is 9.53 Å². The number of carbonyl (C=O) groups is 1. The minimum absolute atomic E-state index is 0.169. The van der Waals surface area contributed by atoms with Crippen molar-refractivity contribution in [3.63, 3.8) is 0 Å². The Bertz CT molecular complexity index is 878. The monoisotopic (exact) mass is 317 g/mol. The van der Waals surface area contributed by atoms with E-state index in [0.29, 0.717) is 6.61 Å². The standard InChI is InChI=1S/C21H19NO2/c1-2-24-20-13-6-4-9-17(20)14-15-21(23)22-19-12-7-10-16-8-3-5-11-18(16)19/h3-15H,2H2,1H3,(H,22,23)/b15-14+. The van der Waals surface area contributed by atoms with E-state index in [9.17, 15) is 4.79 Å². The third-order valence-electron chi connectivity index (χ3n) is 3.68. The van der Waals surface area contributed by atoms with Crippen LogP contribution in [-0.4, -0.2) is 12.5 Å². The Hall–Kier alpha value is -3.07. The summed E-state index contributed by atoms with van der Waals surface area (Å²) in [6.07, 6.45) is 3.30. The first-order chi connectivity index (χ1) is 11.8.